The van der Waals surface area contributed by atoms with Crippen LogP contribution in [0.1, 0.15) is 18.9 Å². The number of aromatic hydroxyl groups is 1. The van der Waals surface area contributed by atoms with Gasteiger partial charge in [-0.05, 0) is 20.5 Å². The third-order valence-corrected chi connectivity index (χ3v) is 2.91. The van der Waals surface area contributed by atoms with Crippen molar-refractivity contribution in [2.45, 2.75) is 26.3 Å². The van der Waals surface area contributed by atoms with E-state index in [0.717, 1.165) is 11.1 Å². The molecule has 0 aliphatic heterocycles. The van der Waals surface area contributed by atoms with E-state index in [1.807, 2.05) is 25.9 Å². The van der Waals surface area contributed by atoms with Crippen molar-refractivity contribution in [1.29, 1.82) is 0 Å². The number of nitrogens with one attached hydrogen (secondary N) is 1. The molecule has 1 heterocycles. The summed E-state index contributed by atoms with van der Waals surface area (Å²) in [4.78, 5) is 27.5. The molecule has 7 heteroatoms. The van der Waals surface area contributed by atoms with Gasteiger partial charge in [0, 0.05) is 6.54 Å². The molecule has 0 fully saturated rings. The summed E-state index contributed by atoms with van der Waals surface area (Å²) in [7, 11) is 3.89. The van der Waals surface area contributed by atoms with Gasteiger partial charge in [-0.1, -0.05) is 13.3 Å². The Labute approximate surface area is 117 Å². The fraction of sp³-hybridized carbons (Fsp3) is 0.692. The fourth-order valence-corrected chi connectivity index (χ4v) is 1.79. The Morgan fingerprint density at radius 3 is 2.60 bits per heavy atom. The smallest absolute Gasteiger partial charge is 0.331 e. The second kappa shape index (κ2) is 7.86. The number of ether oxygens (including phenoxy) is 1. The Hall–Kier alpha value is -1.60. The first-order valence-corrected chi connectivity index (χ1v) is 6.74. The van der Waals surface area contributed by atoms with Crippen LogP contribution < -0.4 is 11.2 Å². The van der Waals surface area contributed by atoms with Crippen LogP contribution in [0.15, 0.2) is 9.59 Å². The molecule has 0 aliphatic rings. The molecule has 0 atom stereocenters. The highest BCUT2D eigenvalue weighted by molar-refractivity contribution is 5.22. The Morgan fingerprint density at radius 1 is 1.30 bits per heavy atom. The highest BCUT2D eigenvalue weighted by Gasteiger charge is 2.12. The highest BCUT2D eigenvalue weighted by Crippen LogP contribution is 2.11. The number of aromatic nitrogens is 2. The van der Waals surface area contributed by atoms with E-state index in [4.69, 9.17) is 4.74 Å². The zero-order valence-corrected chi connectivity index (χ0v) is 12.3. The van der Waals surface area contributed by atoms with Crippen LogP contribution in [-0.4, -0.2) is 53.4 Å². The second-order valence-electron chi connectivity index (χ2n) is 4.88. The summed E-state index contributed by atoms with van der Waals surface area (Å²) in [5.74, 6) is -0.253. The summed E-state index contributed by atoms with van der Waals surface area (Å²) in [6, 6.07) is 0. The number of nitrogens with zero attached hydrogens (tertiary/aromatic N) is 2. The monoisotopic (exact) mass is 285 g/mol. The van der Waals surface area contributed by atoms with Crippen LogP contribution in [-0.2, 0) is 17.7 Å². The third-order valence-electron chi connectivity index (χ3n) is 2.91. The average molecular weight is 285 g/mol. The quantitative estimate of drug-likeness (QED) is 0.644. The van der Waals surface area contributed by atoms with E-state index in [1.54, 1.807) is 0 Å². The Bertz CT molecular complexity index is 533. The van der Waals surface area contributed by atoms with Gasteiger partial charge in [-0.15, -0.1) is 0 Å². The maximum atomic E-state index is 11.7. The minimum absolute atomic E-state index is 0.214. The predicted octanol–water partition coefficient (Wildman–Crippen LogP) is -0.227. The molecule has 1 aromatic rings. The van der Waals surface area contributed by atoms with Gasteiger partial charge in [-0.25, -0.2) is 4.79 Å². The largest absolute Gasteiger partial charge is 0.494 e. The summed E-state index contributed by atoms with van der Waals surface area (Å²) < 4.78 is 6.52. The van der Waals surface area contributed by atoms with Crippen molar-refractivity contribution in [3.63, 3.8) is 0 Å². The van der Waals surface area contributed by atoms with Crippen LogP contribution in [0.4, 0.5) is 0 Å². The molecule has 0 bridgehead atoms. The molecule has 1 aromatic heterocycles. The van der Waals surface area contributed by atoms with Crippen molar-refractivity contribution >= 4 is 0 Å². The zero-order valence-electron chi connectivity index (χ0n) is 12.3. The molecule has 0 aliphatic carbocycles. The van der Waals surface area contributed by atoms with Crippen molar-refractivity contribution in [2.75, 3.05) is 33.9 Å². The van der Waals surface area contributed by atoms with Gasteiger partial charge in [0.15, 0.2) is 0 Å². The number of aromatic amines is 1. The molecule has 2 N–H and O–H groups in total. The van der Waals surface area contributed by atoms with Gasteiger partial charge in [-0.3, -0.25) is 14.3 Å². The van der Waals surface area contributed by atoms with Crippen molar-refractivity contribution in [3.05, 3.63) is 26.4 Å². The summed E-state index contributed by atoms with van der Waals surface area (Å²) in [6.07, 6.45) is 1.15. The van der Waals surface area contributed by atoms with E-state index in [0.29, 0.717) is 26.1 Å². The molecule has 1 rings (SSSR count). The molecule has 7 nitrogen and oxygen atoms in total. The van der Waals surface area contributed by atoms with E-state index in [1.165, 1.54) is 0 Å². The lowest BCUT2D eigenvalue weighted by atomic mass is 10.2. The van der Waals surface area contributed by atoms with Crippen molar-refractivity contribution < 1.29 is 9.84 Å². The van der Waals surface area contributed by atoms with Crippen LogP contribution in [0.5, 0.6) is 5.88 Å². The maximum Gasteiger partial charge on any atom is 0.331 e. The molecule has 0 spiro atoms. The normalized spacial score (nSPS) is 11.2. The number of hydrogen-bond donors (Lipinski definition) is 2. The maximum absolute atomic E-state index is 11.7. The second-order valence-corrected chi connectivity index (χ2v) is 4.88. The van der Waals surface area contributed by atoms with Gasteiger partial charge >= 0.3 is 5.69 Å². The predicted molar refractivity (Wildman–Crippen MR) is 76.4 cm³/mol. The molecule has 0 unspecified atom stereocenters. The minimum atomic E-state index is -0.608. The molecule has 0 amide bonds. The molecule has 0 saturated carbocycles. The fourth-order valence-electron chi connectivity index (χ4n) is 1.79. The van der Waals surface area contributed by atoms with Gasteiger partial charge in [0.25, 0.3) is 5.56 Å². The molecule has 114 valence electrons. The van der Waals surface area contributed by atoms with Crippen molar-refractivity contribution in [1.82, 2.24) is 14.5 Å². The lowest BCUT2D eigenvalue weighted by molar-refractivity contribution is 0.108. The summed E-state index contributed by atoms with van der Waals surface area (Å²) in [5.41, 5.74) is -0.872. The van der Waals surface area contributed by atoms with E-state index < -0.39 is 11.2 Å². The number of hydrogen-bond acceptors (Lipinski definition) is 5. The highest BCUT2D eigenvalue weighted by atomic mass is 16.5. The van der Waals surface area contributed by atoms with Crippen LogP contribution in [0.3, 0.4) is 0 Å². The first-order chi connectivity index (χ1) is 9.47. The molecular formula is C13H23N3O4. The van der Waals surface area contributed by atoms with Gasteiger partial charge in [0.05, 0.1) is 25.3 Å². The Morgan fingerprint density at radius 2 is 2.00 bits per heavy atom. The molecule has 20 heavy (non-hydrogen) atoms. The van der Waals surface area contributed by atoms with Crippen molar-refractivity contribution in [3.8, 4) is 5.88 Å². The van der Waals surface area contributed by atoms with Crippen LogP contribution in [0, 0.1) is 0 Å². The lowest BCUT2D eigenvalue weighted by Gasteiger charge is -2.12. The molecular weight excluding hydrogens is 262 g/mol. The number of rotatable bonds is 8. The third kappa shape index (κ3) is 4.50. The van der Waals surface area contributed by atoms with Crippen LogP contribution in [0.25, 0.3) is 0 Å². The van der Waals surface area contributed by atoms with Gasteiger partial charge < -0.3 is 14.7 Å². The van der Waals surface area contributed by atoms with E-state index in [9.17, 15) is 14.7 Å². The van der Waals surface area contributed by atoms with Crippen LogP contribution in [0.2, 0.25) is 0 Å². The Kier molecular flexibility index (Phi) is 6.47. The first kappa shape index (κ1) is 16.5. The lowest BCUT2D eigenvalue weighted by Crippen LogP contribution is -2.33. The van der Waals surface area contributed by atoms with Gasteiger partial charge in [-0.2, -0.15) is 0 Å². The molecule has 0 saturated heterocycles. The van der Waals surface area contributed by atoms with Gasteiger partial charge in [0.1, 0.15) is 0 Å². The van der Waals surface area contributed by atoms with E-state index >= 15 is 0 Å². The first-order valence-electron chi connectivity index (χ1n) is 6.74. The average Bonchev–Trinajstić information content (AvgIpc) is 2.37. The van der Waals surface area contributed by atoms with E-state index in [2.05, 4.69) is 4.98 Å². The zero-order chi connectivity index (χ0) is 15.1. The molecule has 0 aromatic carbocycles. The van der Waals surface area contributed by atoms with Crippen LogP contribution >= 0.6 is 0 Å². The Balaban J connectivity index is 2.72. The standard InChI is InChI=1S/C13H23N3O4/c1-4-5-10-11(17)14-13(19)16(12(10)18)7-9-20-8-6-15(2)3/h18H,4-9H2,1-3H3,(H,14,17,19). The van der Waals surface area contributed by atoms with Gasteiger partial charge in [0.2, 0.25) is 5.88 Å². The number of likely N-dealkylation sites (N-methyl/N-ethyl adjacent to an activating group) is 1. The number of H-pyrrole nitrogens is 1. The van der Waals surface area contributed by atoms with E-state index in [-0.39, 0.29) is 18.0 Å². The summed E-state index contributed by atoms with van der Waals surface area (Å²) in [6.45, 7) is 3.75. The SMILES string of the molecule is CCCc1c(O)n(CCOCCN(C)C)c(=O)[nH]c1=O. The summed E-state index contributed by atoms with van der Waals surface area (Å²) in [5, 5.41) is 10.0. The van der Waals surface area contributed by atoms with Crippen molar-refractivity contribution in [2.24, 2.45) is 0 Å². The summed E-state index contributed by atoms with van der Waals surface area (Å²) >= 11 is 0. The minimum Gasteiger partial charge on any atom is -0.494 e. The topological polar surface area (TPSA) is 87.6 Å². The molecule has 0 radical (unpaired) electrons.